The van der Waals surface area contributed by atoms with Crippen molar-refractivity contribution in [3.63, 3.8) is 0 Å². The van der Waals surface area contributed by atoms with E-state index in [0.717, 1.165) is 29.2 Å². The number of hydrogen-bond acceptors (Lipinski definition) is 5. The van der Waals surface area contributed by atoms with Crippen LogP contribution in [0.1, 0.15) is 19.2 Å². The minimum atomic E-state index is -2.88. The standard InChI is InChI=1S/C11H16BrN3O2S/c1-2-10-13-9(12)8-11(14-10)15-4-3-6-18(16,17)7-5-15/h8H,2-7H2,1H3. The Labute approximate surface area is 116 Å². The van der Waals surface area contributed by atoms with Crippen molar-refractivity contribution in [3.8, 4) is 0 Å². The van der Waals surface area contributed by atoms with E-state index in [-0.39, 0.29) is 11.5 Å². The van der Waals surface area contributed by atoms with Gasteiger partial charge in [0.2, 0.25) is 0 Å². The van der Waals surface area contributed by atoms with Crippen molar-refractivity contribution in [2.24, 2.45) is 0 Å². The van der Waals surface area contributed by atoms with E-state index in [9.17, 15) is 8.42 Å². The summed E-state index contributed by atoms with van der Waals surface area (Å²) in [5.41, 5.74) is 0. The van der Waals surface area contributed by atoms with Crippen molar-refractivity contribution in [1.82, 2.24) is 9.97 Å². The van der Waals surface area contributed by atoms with E-state index in [1.165, 1.54) is 0 Å². The summed E-state index contributed by atoms with van der Waals surface area (Å²) in [6.45, 7) is 3.24. The molecule has 5 nitrogen and oxygen atoms in total. The van der Waals surface area contributed by atoms with Gasteiger partial charge in [0, 0.05) is 25.6 Å². The Kier molecular flexibility index (Phi) is 4.21. The summed E-state index contributed by atoms with van der Waals surface area (Å²) >= 11 is 3.37. The summed E-state index contributed by atoms with van der Waals surface area (Å²) in [6, 6.07) is 1.84. The number of nitrogens with zero attached hydrogens (tertiary/aromatic N) is 3. The first-order valence-electron chi connectivity index (χ1n) is 5.99. The fourth-order valence-electron chi connectivity index (χ4n) is 1.94. The minimum Gasteiger partial charge on any atom is -0.355 e. The van der Waals surface area contributed by atoms with Crippen LogP contribution in [0.25, 0.3) is 0 Å². The van der Waals surface area contributed by atoms with Gasteiger partial charge in [-0.15, -0.1) is 0 Å². The van der Waals surface area contributed by atoms with Crippen LogP contribution in [0.3, 0.4) is 0 Å². The van der Waals surface area contributed by atoms with Gasteiger partial charge in [0.15, 0.2) is 9.84 Å². The number of aromatic nitrogens is 2. The van der Waals surface area contributed by atoms with Crippen LogP contribution in [0.15, 0.2) is 10.7 Å². The maximum Gasteiger partial charge on any atom is 0.152 e. The summed E-state index contributed by atoms with van der Waals surface area (Å²) < 4.78 is 23.9. The molecular formula is C11H16BrN3O2S. The Morgan fingerprint density at radius 2 is 2.11 bits per heavy atom. The molecule has 1 aromatic rings. The number of halogens is 1. The third kappa shape index (κ3) is 3.41. The van der Waals surface area contributed by atoms with Gasteiger partial charge in [-0.05, 0) is 22.4 Å². The van der Waals surface area contributed by atoms with E-state index in [1.807, 2.05) is 17.9 Å². The van der Waals surface area contributed by atoms with Crippen LogP contribution >= 0.6 is 15.9 Å². The highest BCUT2D eigenvalue weighted by molar-refractivity contribution is 9.10. The second-order valence-corrected chi connectivity index (χ2v) is 7.43. The van der Waals surface area contributed by atoms with Crippen molar-refractivity contribution < 1.29 is 8.42 Å². The zero-order valence-corrected chi connectivity index (χ0v) is 12.7. The van der Waals surface area contributed by atoms with Crippen LogP contribution in [0, 0.1) is 0 Å². The maximum absolute atomic E-state index is 11.6. The molecule has 1 aliphatic rings. The second-order valence-electron chi connectivity index (χ2n) is 4.31. The molecule has 0 amide bonds. The fraction of sp³-hybridized carbons (Fsp3) is 0.636. The van der Waals surface area contributed by atoms with Gasteiger partial charge in [0.05, 0.1) is 11.5 Å². The molecule has 0 aromatic carbocycles. The molecule has 1 aromatic heterocycles. The predicted molar refractivity (Wildman–Crippen MR) is 74.6 cm³/mol. The van der Waals surface area contributed by atoms with Gasteiger partial charge in [0.25, 0.3) is 0 Å². The Bertz CT molecular complexity index is 533. The zero-order chi connectivity index (χ0) is 13.2. The lowest BCUT2D eigenvalue weighted by atomic mass is 10.3. The molecular weight excluding hydrogens is 318 g/mol. The monoisotopic (exact) mass is 333 g/mol. The van der Waals surface area contributed by atoms with Crippen molar-refractivity contribution in [2.45, 2.75) is 19.8 Å². The van der Waals surface area contributed by atoms with Gasteiger partial charge in [-0.1, -0.05) is 6.92 Å². The van der Waals surface area contributed by atoms with Crippen molar-refractivity contribution in [3.05, 3.63) is 16.5 Å². The molecule has 0 bridgehead atoms. The summed E-state index contributed by atoms with van der Waals surface area (Å²) in [7, 11) is -2.88. The molecule has 18 heavy (non-hydrogen) atoms. The van der Waals surface area contributed by atoms with Crippen LogP contribution in [0.2, 0.25) is 0 Å². The SMILES string of the molecule is CCc1nc(Br)cc(N2CCCS(=O)(=O)CC2)n1. The quantitative estimate of drug-likeness (QED) is 0.766. The van der Waals surface area contributed by atoms with Crippen molar-refractivity contribution >= 4 is 31.6 Å². The normalized spacial score (nSPS) is 19.6. The van der Waals surface area contributed by atoms with Gasteiger partial charge in [0.1, 0.15) is 16.2 Å². The third-order valence-corrected chi connectivity index (χ3v) is 5.04. The molecule has 0 atom stereocenters. The lowest BCUT2D eigenvalue weighted by Gasteiger charge is -2.21. The fourth-order valence-corrected chi connectivity index (χ4v) is 3.62. The molecule has 2 heterocycles. The van der Waals surface area contributed by atoms with E-state index in [0.29, 0.717) is 13.0 Å². The van der Waals surface area contributed by atoms with Gasteiger partial charge in [-0.2, -0.15) is 0 Å². The Balaban J connectivity index is 2.23. The number of sulfone groups is 1. The molecule has 100 valence electrons. The Morgan fingerprint density at radius 3 is 2.83 bits per heavy atom. The molecule has 0 spiro atoms. The van der Waals surface area contributed by atoms with Gasteiger partial charge < -0.3 is 4.90 Å². The maximum atomic E-state index is 11.6. The van der Waals surface area contributed by atoms with Crippen LogP contribution in [0.4, 0.5) is 5.82 Å². The summed E-state index contributed by atoms with van der Waals surface area (Å²) in [5, 5.41) is 0. The summed E-state index contributed by atoms with van der Waals surface area (Å²) in [6.07, 6.45) is 1.42. The van der Waals surface area contributed by atoms with E-state index >= 15 is 0 Å². The van der Waals surface area contributed by atoms with E-state index in [4.69, 9.17) is 0 Å². The molecule has 1 aliphatic heterocycles. The van der Waals surface area contributed by atoms with Gasteiger partial charge in [-0.3, -0.25) is 0 Å². The van der Waals surface area contributed by atoms with Crippen LogP contribution < -0.4 is 4.90 Å². The Hall–Kier alpha value is -0.690. The average Bonchev–Trinajstić information content (AvgIpc) is 2.49. The largest absolute Gasteiger partial charge is 0.355 e. The van der Waals surface area contributed by atoms with E-state index in [2.05, 4.69) is 25.9 Å². The molecule has 2 rings (SSSR count). The molecule has 0 radical (unpaired) electrons. The van der Waals surface area contributed by atoms with E-state index < -0.39 is 9.84 Å². The van der Waals surface area contributed by atoms with Crippen molar-refractivity contribution in [2.75, 3.05) is 29.5 Å². The molecule has 0 N–H and O–H groups in total. The molecule has 0 saturated carbocycles. The van der Waals surface area contributed by atoms with Gasteiger partial charge in [-0.25, -0.2) is 18.4 Å². The van der Waals surface area contributed by atoms with Crippen LogP contribution in [-0.2, 0) is 16.3 Å². The van der Waals surface area contributed by atoms with Crippen LogP contribution in [0.5, 0.6) is 0 Å². The van der Waals surface area contributed by atoms with Crippen molar-refractivity contribution in [1.29, 1.82) is 0 Å². The molecule has 1 fully saturated rings. The zero-order valence-electron chi connectivity index (χ0n) is 10.3. The summed E-state index contributed by atoms with van der Waals surface area (Å²) in [5.74, 6) is 2.06. The topological polar surface area (TPSA) is 63.2 Å². The first-order chi connectivity index (χ1) is 8.50. The number of anilines is 1. The molecule has 7 heteroatoms. The number of hydrogen-bond donors (Lipinski definition) is 0. The highest BCUT2D eigenvalue weighted by atomic mass is 79.9. The first-order valence-corrected chi connectivity index (χ1v) is 8.60. The van der Waals surface area contributed by atoms with E-state index in [1.54, 1.807) is 0 Å². The second kappa shape index (κ2) is 5.52. The molecule has 1 saturated heterocycles. The van der Waals surface area contributed by atoms with Crippen LogP contribution in [-0.4, -0.2) is 43.0 Å². The smallest absolute Gasteiger partial charge is 0.152 e. The summed E-state index contributed by atoms with van der Waals surface area (Å²) in [4.78, 5) is 10.7. The highest BCUT2D eigenvalue weighted by Gasteiger charge is 2.20. The third-order valence-electron chi connectivity index (χ3n) is 2.92. The predicted octanol–water partition coefficient (Wildman–Crippen LogP) is 1.43. The lowest BCUT2D eigenvalue weighted by Crippen LogP contribution is -2.28. The molecule has 0 aliphatic carbocycles. The highest BCUT2D eigenvalue weighted by Crippen LogP contribution is 2.19. The first kappa shape index (κ1) is 13.7. The number of rotatable bonds is 2. The molecule has 0 unspecified atom stereocenters. The Morgan fingerprint density at radius 1 is 1.33 bits per heavy atom. The number of aryl methyl sites for hydroxylation is 1. The average molecular weight is 334 g/mol. The lowest BCUT2D eigenvalue weighted by molar-refractivity contribution is 0.597. The minimum absolute atomic E-state index is 0.204. The van der Waals surface area contributed by atoms with Gasteiger partial charge >= 0.3 is 0 Å².